The summed E-state index contributed by atoms with van der Waals surface area (Å²) in [6.07, 6.45) is 1.34. The molecule has 0 unspecified atom stereocenters. The van der Waals surface area contributed by atoms with E-state index < -0.39 is 11.9 Å². The van der Waals surface area contributed by atoms with Gasteiger partial charge in [-0.2, -0.15) is 5.26 Å². The molecule has 6 nitrogen and oxygen atoms in total. The Morgan fingerprint density at radius 3 is 2.57 bits per heavy atom. The Bertz CT molecular complexity index is 1160. The minimum Gasteiger partial charge on any atom is -0.478 e. The van der Waals surface area contributed by atoms with E-state index in [1.54, 1.807) is 18.2 Å². The van der Waals surface area contributed by atoms with E-state index in [4.69, 9.17) is 16.0 Å². The second kappa shape index (κ2) is 9.12. The summed E-state index contributed by atoms with van der Waals surface area (Å²) in [6.45, 7) is 1.83. The van der Waals surface area contributed by atoms with E-state index in [1.807, 2.05) is 43.3 Å². The lowest BCUT2D eigenvalue weighted by molar-refractivity contribution is -0.117. The SMILES string of the molecule is C[C@@H](NC(=O)/C(C#N)=C/c1ccc(-c2ccc(Cl)c(C(=O)O)c2)o1)c1ccccc1. The van der Waals surface area contributed by atoms with Crippen LogP contribution in [0.2, 0.25) is 5.02 Å². The fraction of sp³-hybridized carbons (Fsp3) is 0.0870. The molecule has 0 bridgehead atoms. The van der Waals surface area contributed by atoms with Gasteiger partial charge in [0.2, 0.25) is 0 Å². The molecular formula is C23H17ClN2O4. The summed E-state index contributed by atoms with van der Waals surface area (Å²) in [7, 11) is 0. The summed E-state index contributed by atoms with van der Waals surface area (Å²) in [5.41, 5.74) is 1.27. The first-order valence-corrected chi connectivity index (χ1v) is 9.37. The van der Waals surface area contributed by atoms with Gasteiger partial charge >= 0.3 is 5.97 Å². The van der Waals surface area contributed by atoms with Crippen molar-refractivity contribution in [1.29, 1.82) is 5.26 Å². The Labute approximate surface area is 178 Å². The number of carbonyl (C=O) groups excluding carboxylic acids is 1. The van der Waals surface area contributed by atoms with Crippen molar-refractivity contribution in [3.63, 3.8) is 0 Å². The molecular weight excluding hydrogens is 404 g/mol. The standard InChI is InChI=1S/C23H17ClN2O4/c1-14(15-5-3-2-4-6-15)26-22(27)17(13-25)11-18-8-10-21(30-18)16-7-9-20(24)19(12-16)23(28)29/h2-12,14H,1H3,(H,26,27)(H,28,29)/b17-11+/t14-/m1/s1. The van der Waals surface area contributed by atoms with Crippen molar-refractivity contribution in [3.05, 3.63) is 88.1 Å². The highest BCUT2D eigenvalue weighted by Gasteiger charge is 2.16. The van der Waals surface area contributed by atoms with Gasteiger partial charge in [-0.3, -0.25) is 4.79 Å². The number of carbonyl (C=O) groups is 2. The lowest BCUT2D eigenvalue weighted by atomic mass is 10.1. The predicted molar refractivity (Wildman–Crippen MR) is 113 cm³/mol. The molecule has 1 aromatic heterocycles. The Kier molecular flexibility index (Phi) is 6.35. The van der Waals surface area contributed by atoms with Crippen LogP contribution < -0.4 is 5.32 Å². The Balaban J connectivity index is 1.80. The molecule has 0 aliphatic carbocycles. The summed E-state index contributed by atoms with van der Waals surface area (Å²) >= 11 is 5.89. The molecule has 1 atom stereocenters. The lowest BCUT2D eigenvalue weighted by Crippen LogP contribution is -2.27. The molecule has 0 fully saturated rings. The quantitative estimate of drug-likeness (QED) is 0.427. The third-order valence-electron chi connectivity index (χ3n) is 4.41. The molecule has 0 spiro atoms. The van der Waals surface area contributed by atoms with Crippen molar-refractivity contribution in [2.75, 3.05) is 0 Å². The molecule has 0 aliphatic rings. The molecule has 0 saturated carbocycles. The predicted octanol–water partition coefficient (Wildman–Crippen LogP) is 5.08. The fourth-order valence-electron chi connectivity index (χ4n) is 2.82. The number of rotatable bonds is 6. The van der Waals surface area contributed by atoms with Crippen LogP contribution in [0.3, 0.4) is 0 Å². The van der Waals surface area contributed by atoms with Crippen LogP contribution in [0, 0.1) is 11.3 Å². The molecule has 30 heavy (non-hydrogen) atoms. The zero-order valence-electron chi connectivity index (χ0n) is 15.9. The van der Waals surface area contributed by atoms with Crippen LogP contribution in [-0.2, 0) is 4.79 Å². The van der Waals surface area contributed by atoms with Gasteiger partial charge in [-0.25, -0.2) is 4.79 Å². The molecule has 0 saturated heterocycles. The van der Waals surface area contributed by atoms with E-state index in [0.29, 0.717) is 11.3 Å². The third kappa shape index (κ3) is 4.77. The van der Waals surface area contributed by atoms with Gasteiger partial charge in [0, 0.05) is 11.6 Å². The molecule has 7 heteroatoms. The highest BCUT2D eigenvalue weighted by atomic mass is 35.5. The molecule has 150 valence electrons. The van der Waals surface area contributed by atoms with Crippen LogP contribution in [-0.4, -0.2) is 17.0 Å². The van der Waals surface area contributed by atoms with Crippen LogP contribution in [0.5, 0.6) is 0 Å². The number of furan rings is 1. The molecule has 2 N–H and O–H groups in total. The molecule has 1 amide bonds. The van der Waals surface area contributed by atoms with Crippen LogP contribution in [0.4, 0.5) is 0 Å². The summed E-state index contributed by atoms with van der Waals surface area (Å²) in [4.78, 5) is 23.7. The number of hydrogen-bond acceptors (Lipinski definition) is 4. The third-order valence-corrected chi connectivity index (χ3v) is 4.74. The molecule has 2 aromatic carbocycles. The van der Waals surface area contributed by atoms with Gasteiger partial charge < -0.3 is 14.8 Å². The lowest BCUT2D eigenvalue weighted by Gasteiger charge is -2.13. The topological polar surface area (TPSA) is 103 Å². The zero-order chi connectivity index (χ0) is 21.7. The van der Waals surface area contributed by atoms with E-state index in [1.165, 1.54) is 18.2 Å². The van der Waals surface area contributed by atoms with Gasteiger partial charge in [0.1, 0.15) is 23.2 Å². The van der Waals surface area contributed by atoms with E-state index in [2.05, 4.69) is 5.32 Å². The summed E-state index contributed by atoms with van der Waals surface area (Å²) < 4.78 is 5.67. The summed E-state index contributed by atoms with van der Waals surface area (Å²) in [5, 5.41) is 21.5. The van der Waals surface area contributed by atoms with Crippen LogP contribution in [0.15, 0.2) is 70.7 Å². The molecule has 0 radical (unpaired) electrons. The van der Waals surface area contributed by atoms with E-state index in [-0.39, 0.29) is 28.0 Å². The first-order chi connectivity index (χ1) is 14.4. The number of amides is 1. The number of nitrogens with zero attached hydrogens (tertiary/aromatic N) is 1. The second-order valence-corrected chi connectivity index (χ2v) is 6.88. The number of benzene rings is 2. The van der Waals surface area contributed by atoms with Gasteiger partial charge in [-0.15, -0.1) is 0 Å². The highest BCUT2D eigenvalue weighted by Crippen LogP contribution is 2.27. The van der Waals surface area contributed by atoms with Crippen molar-refractivity contribution in [1.82, 2.24) is 5.32 Å². The van der Waals surface area contributed by atoms with E-state index in [9.17, 15) is 20.0 Å². The number of nitriles is 1. The maximum Gasteiger partial charge on any atom is 0.337 e. The first kappa shape index (κ1) is 20.9. The maximum atomic E-state index is 12.5. The van der Waals surface area contributed by atoms with Crippen molar-refractivity contribution in [2.24, 2.45) is 0 Å². The van der Waals surface area contributed by atoms with Gasteiger partial charge in [-0.1, -0.05) is 41.9 Å². The Morgan fingerprint density at radius 2 is 1.90 bits per heavy atom. The van der Waals surface area contributed by atoms with Gasteiger partial charge in [0.15, 0.2) is 0 Å². The highest BCUT2D eigenvalue weighted by molar-refractivity contribution is 6.33. The molecule has 0 aliphatic heterocycles. The smallest absolute Gasteiger partial charge is 0.337 e. The van der Waals surface area contributed by atoms with Crippen molar-refractivity contribution < 1.29 is 19.1 Å². The number of hydrogen-bond donors (Lipinski definition) is 2. The van der Waals surface area contributed by atoms with Gasteiger partial charge in [-0.05, 0) is 42.8 Å². The average molecular weight is 421 g/mol. The van der Waals surface area contributed by atoms with Gasteiger partial charge in [0.25, 0.3) is 5.91 Å². The summed E-state index contributed by atoms with van der Waals surface area (Å²) in [6, 6.07) is 18.7. The van der Waals surface area contributed by atoms with Crippen LogP contribution in [0.25, 0.3) is 17.4 Å². The normalized spacial score (nSPS) is 12.1. The fourth-order valence-corrected chi connectivity index (χ4v) is 3.02. The first-order valence-electron chi connectivity index (χ1n) is 8.99. The van der Waals surface area contributed by atoms with Crippen LogP contribution >= 0.6 is 11.6 Å². The Hall–Kier alpha value is -3.82. The molecule has 3 rings (SSSR count). The number of halogens is 1. The number of aromatic carboxylic acids is 1. The molecule has 1 heterocycles. The van der Waals surface area contributed by atoms with E-state index >= 15 is 0 Å². The Morgan fingerprint density at radius 1 is 1.17 bits per heavy atom. The minimum absolute atomic E-state index is 0.0466. The van der Waals surface area contributed by atoms with Gasteiger partial charge in [0.05, 0.1) is 16.6 Å². The van der Waals surface area contributed by atoms with E-state index in [0.717, 1.165) is 5.56 Å². The number of nitrogens with one attached hydrogen (secondary N) is 1. The zero-order valence-corrected chi connectivity index (χ0v) is 16.7. The number of carboxylic acids is 1. The second-order valence-electron chi connectivity index (χ2n) is 6.48. The monoisotopic (exact) mass is 420 g/mol. The summed E-state index contributed by atoms with van der Waals surface area (Å²) in [5.74, 6) is -0.998. The molecule has 3 aromatic rings. The van der Waals surface area contributed by atoms with Crippen molar-refractivity contribution in [3.8, 4) is 17.4 Å². The number of carboxylic acid groups (broad SMARTS) is 1. The van der Waals surface area contributed by atoms with Crippen LogP contribution in [0.1, 0.15) is 34.6 Å². The largest absolute Gasteiger partial charge is 0.478 e. The minimum atomic E-state index is -1.15. The maximum absolute atomic E-state index is 12.5. The van der Waals surface area contributed by atoms with Crippen molar-refractivity contribution >= 4 is 29.6 Å². The van der Waals surface area contributed by atoms with Crippen molar-refractivity contribution in [2.45, 2.75) is 13.0 Å². The average Bonchev–Trinajstić information content (AvgIpc) is 3.21.